The van der Waals surface area contributed by atoms with Gasteiger partial charge in [-0.15, -0.1) is 11.8 Å². The number of hydrogen-bond acceptors (Lipinski definition) is 2. The van der Waals surface area contributed by atoms with Gasteiger partial charge < -0.3 is 5.11 Å². The maximum atomic E-state index is 11.0. The summed E-state index contributed by atoms with van der Waals surface area (Å²) in [5.74, 6) is 1.45. The highest BCUT2D eigenvalue weighted by Crippen LogP contribution is 2.43. The van der Waals surface area contributed by atoms with E-state index in [-0.39, 0.29) is 16.2 Å². The van der Waals surface area contributed by atoms with E-state index in [1.165, 1.54) is 10.5 Å². The Morgan fingerprint density at radius 3 is 1.65 bits per heavy atom. The molecule has 0 aliphatic carbocycles. The van der Waals surface area contributed by atoms with Crippen molar-refractivity contribution in [1.29, 1.82) is 0 Å². The molecular weight excluding hydrogens is 336 g/mol. The molecule has 0 bridgehead atoms. The average molecular weight is 371 g/mol. The summed E-state index contributed by atoms with van der Waals surface area (Å²) in [5, 5.41) is 11.0. The van der Waals surface area contributed by atoms with Crippen LogP contribution in [0.4, 0.5) is 0 Å². The Balaban J connectivity index is 2.46. The molecule has 1 nitrogen and oxygen atoms in total. The molecule has 0 fully saturated rings. The molecular formula is C24H34OS. The molecule has 0 heterocycles. The summed E-state index contributed by atoms with van der Waals surface area (Å²) in [6, 6.07) is 15.0. The fourth-order valence-corrected chi connectivity index (χ4v) is 4.08. The maximum absolute atomic E-state index is 11.0. The molecule has 2 rings (SSSR count). The van der Waals surface area contributed by atoms with Gasteiger partial charge in [-0.2, -0.15) is 0 Å². The van der Waals surface area contributed by atoms with E-state index in [2.05, 4.69) is 97.9 Å². The molecule has 0 radical (unpaired) electrons. The third kappa shape index (κ3) is 4.85. The van der Waals surface area contributed by atoms with Gasteiger partial charge in [0.1, 0.15) is 5.75 Å². The second-order valence-electron chi connectivity index (χ2n) is 9.91. The summed E-state index contributed by atoms with van der Waals surface area (Å²) in [5.41, 5.74) is 3.20. The minimum Gasteiger partial charge on any atom is -0.507 e. The van der Waals surface area contributed by atoms with E-state index in [0.29, 0.717) is 5.75 Å². The van der Waals surface area contributed by atoms with Crippen molar-refractivity contribution in [3.63, 3.8) is 0 Å². The van der Waals surface area contributed by atoms with E-state index in [1.54, 1.807) is 0 Å². The summed E-state index contributed by atoms with van der Waals surface area (Å²) >= 11 is 1.89. The van der Waals surface area contributed by atoms with E-state index in [9.17, 15) is 5.11 Å². The van der Waals surface area contributed by atoms with Crippen LogP contribution < -0.4 is 0 Å². The van der Waals surface area contributed by atoms with Crippen LogP contribution in [0, 0.1) is 0 Å². The monoisotopic (exact) mass is 370 g/mol. The van der Waals surface area contributed by atoms with Crippen molar-refractivity contribution in [2.45, 2.75) is 76.5 Å². The van der Waals surface area contributed by atoms with E-state index in [0.717, 1.165) is 16.9 Å². The van der Waals surface area contributed by atoms with Crippen molar-refractivity contribution in [2.75, 3.05) is 5.75 Å². The van der Waals surface area contributed by atoms with E-state index >= 15 is 0 Å². The highest BCUT2D eigenvalue weighted by Gasteiger charge is 2.30. The third-order valence-corrected chi connectivity index (χ3v) is 6.32. The van der Waals surface area contributed by atoms with Crippen LogP contribution in [0.5, 0.6) is 5.75 Å². The molecule has 0 aliphatic heterocycles. The molecule has 0 atom stereocenters. The number of hydrogen-bond donors (Lipinski definition) is 1. The first-order chi connectivity index (χ1) is 11.8. The van der Waals surface area contributed by atoms with Gasteiger partial charge in [0.25, 0.3) is 0 Å². The van der Waals surface area contributed by atoms with Gasteiger partial charge in [0.2, 0.25) is 0 Å². The summed E-state index contributed by atoms with van der Waals surface area (Å²) in [6.45, 7) is 17.6. The molecule has 0 aliphatic rings. The number of benzene rings is 2. The van der Waals surface area contributed by atoms with E-state index in [1.807, 2.05) is 11.8 Å². The molecule has 0 amide bonds. The Hall–Kier alpha value is -1.41. The van der Waals surface area contributed by atoms with Crippen LogP contribution in [0.1, 0.15) is 72.1 Å². The van der Waals surface area contributed by atoms with Crippen LogP contribution in [0.3, 0.4) is 0 Å². The van der Waals surface area contributed by atoms with Crippen molar-refractivity contribution in [2.24, 2.45) is 0 Å². The molecule has 2 heteroatoms. The lowest BCUT2D eigenvalue weighted by atomic mass is 9.75. The Labute approximate surface area is 164 Å². The van der Waals surface area contributed by atoms with Crippen molar-refractivity contribution in [3.8, 4) is 5.75 Å². The Kier molecular flexibility index (Phi) is 5.87. The van der Waals surface area contributed by atoms with Gasteiger partial charge in [-0.25, -0.2) is 0 Å². The summed E-state index contributed by atoms with van der Waals surface area (Å²) in [4.78, 5) is 1.30. The Morgan fingerprint density at radius 2 is 1.23 bits per heavy atom. The topological polar surface area (TPSA) is 20.2 Å². The highest BCUT2D eigenvalue weighted by molar-refractivity contribution is 7.99. The lowest BCUT2D eigenvalue weighted by molar-refractivity contribution is 0.421. The predicted molar refractivity (Wildman–Crippen MR) is 116 cm³/mol. The quantitative estimate of drug-likeness (QED) is 0.581. The van der Waals surface area contributed by atoms with Gasteiger partial charge in [-0.05, 0) is 45.1 Å². The minimum absolute atomic E-state index is 0.00814. The van der Waals surface area contributed by atoms with E-state index < -0.39 is 0 Å². The summed E-state index contributed by atoms with van der Waals surface area (Å²) in [6.07, 6.45) is 0. The van der Waals surface area contributed by atoms with Crippen molar-refractivity contribution in [1.82, 2.24) is 0 Å². The van der Waals surface area contributed by atoms with Crippen molar-refractivity contribution in [3.05, 3.63) is 59.2 Å². The standard InChI is InChI=1S/C24H34OS/c1-22(2,3)19-14-17(15-20(21(19)25)23(4,5)6)24(7,8)16-26-18-12-10-9-11-13-18/h9-15,25H,16H2,1-8H3. The molecule has 0 aromatic heterocycles. The minimum atomic E-state index is -0.0945. The molecule has 142 valence electrons. The number of phenolic OH excluding ortho intramolecular Hbond substituents is 1. The smallest absolute Gasteiger partial charge is 0.123 e. The van der Waals surface area contributed by atoms with Gasteiger partial charge in [0.05, 0.1) is 0 Å². The predicted octanol–water partition coefficient (Wildman–Crippen LogP) is 7.06. The maximum Gasteiger partial charge on any atom is 0.123 e. The van der Waals surface area contributed by atoms with Crippen LogP contribution in [-0.4, -0.2) is 10.9 Å². The SMILES string of the molecule is CC(C)(C)c1cc(C(C)(C)CSc2ccccc2)cc(C(C)(C)C)c1O. The van der Waals surface area contributed by atoms with Crippen molar-refractivity contribution >= 4 is 11.8 Å². The van der Waals surface area contributed by atoms with Gasteiger partial charge in [-0.3, -0.25) is 0 Å². The van der Waals surface area contributed by atoms with E-state index in [4.69, 9.17) is 0 Å². The largest absolute Gasteiger partial charge is 0.507 e. The third-order valence-electron chi connectivity index (χ3n) is 4.85. The van der Waals surface area contributed by atoms with Gasteiger partial charge in [-0.1, -0.05) is 85.7 Å². The van der Waals surface area contributed by atoms with Crippen LogP contribution in [0.15, 0.2) is 47.4 Å². The number of rotatable bonds is 4. The van der Waals surface area contributed by atoms with Gasteiger partial charge in [0.15, 0.2) is 0 Å². The Morgan fingerprint density at radius 1 is 0.769 bits per heavy atom. The fourth-order valence-electron chi connectivity index (χ4n) is 3.03. The number of thioether (sulfide) groups is 1. The Bertz CT molecular complexity index is 711. The molecule has 1 N–H and O–H groups in total. The number of aromatic hydroxyl groups is 1. The lowest BCUT2D eigenvalue weighted by Gasteiger charge is -2.32. The molecule has 0 spiro atoms. The first-order valence-corrected chi connectivity index (χ1v) is 10.4. The first kappa shape index (κ1) is 20.9. The fraction of sp³-hybridized carbons (Fsp3) is 0.500. The molecule has 0 saturated carbocycles. The first-order valence-electron chi connectivity index (χ1n) is 9.39. The molecule has 26 heavy (non-hydrogen) atoms. The van der Waals surface area contributed by atoms with Crippen LogP contribution >= 0.6 is 11.8 Å². The zero-order chi connectivity index (χ0) is 19.8. The zero-order valence-corrected chi connectivity index (χ0v) is 18.4. The van der Waals surface area contributed by atoms with Gasteiger partial charge >= 0.3 is 0 Å². The number of phenols is 1. The molecule has 2 aromatic rings. The summed E-state index contributed by atoms with van der Waals surface area (Å²) in [7, 11) is 0. The second-order valence-corrected chi connectivity index (χ2v) is 11.0. The van der Waals surface area contributed by atoms with Crippen molar-refractivity contribution < 1.29 is 5.11 Å². The second kappa shape index (κ2) is 7.31. The molecule has 2 aromatic carbocycles. The van der Waals surface area contributed by atoms with Gasteiger partial charge in [0, 0.05) is 10.6 Å². The molecule has 0 unspecified atom stereocenters. The lowest BCUT2D eigenvalue weighted by Crippen LogP contribution is -2.24. The van der Waals surface area contributed by atoms with Crippen LogP contribution in [0.25, 0.3) is 0 Å². The average Bonchev–Trinajstić information content (AvgIpc) is 2.52. The normalized spacial score (nSPS) is 13.1. The highest BCUT2D eigenvalue weighted by atomic mass is 32.2. The zero-order valence-electron chi connectivity index (χ0n) is 17.6. The molecule has 0 saturated heterocycles. The summed E-state index contributed by atoms with van der Waals surface area (Å²) < 4.78 is 0. The van der Waals surface area contributed by atoms with Crippen LogP contribution in [-0.2, 0) is 16.2 Å². The van der Waals surface area contributed by atoms with Crippen LogP contribution in [0.2, 0.25) is 0 Å².